The van der Waals surface area contributed by atoms with Crippen molar-refractivity contribution in [2.75, 3.05) is 0 Å². The monoisotopic (exact) mass is 337 g/mol. The Morgan fingerprint density at radius 2 is 1.71 bits per heavy atom. The average Bonchev–Trinajstić information content (AvgIpc) is 2.53. The van der Waals surface area contributed by atoms with Crippen LogP contribution in [0.2, 0.25) is 0 Å². The molecular weight excluding hydrogens is 326 g/mol. The molecule has 0 amide bonds. The zero-order valence-electron chi connectivity index (χ0n) is 11.2. The van der Waals surface area contributed by atoms with E-state index in [9.17, 15) is 5.26 Å². The highest BCUT2D eigenvalue weighted by atomic mass is 79.9. The standard InChI is InChI=1S/C18H12BrNO/c19-15-8-5-13(6-9-15)12-21-18-10-7-14-3-1-2-4-16(14)17(18)11-20/h1-10H,12H2. The third-order valence-corrected chi connectivity index (χ3v) is 3.84. The molecule has 0 fully saturated rings. The lowest BCUT2D eigenvalue weighted by Crippen LogP contribution is -1.97. The molecule has 0 aliphatic heterocycles. The Hall–Kier alpha value is -2.31. The summed E-state index contributed by atoms with van der Waals surface area (Å²) in [7, 11) is 0. The number of rotatable bonds is 3. The van der Waals surface area contributed by atoms with Gasteiger partial charge in [-0.2, -0.15) is 5.26 Å². The Balaban J connectivity index is 1.90. The van der Waals surface area contributed by atoms with Crippen LogP contribution < -0.4 is 4.74 Å². The second-order valence-electron chi connectivity index (χ2n) is 4.69. The summed E-state index contributed by atoms with van der Waals surface area (Å²) < 4.78 is 6.86. The summed E-state index contributed by atoms with van der Waals surface area (Å²) >= 11 is 3.41. The van der Waals surface area contributed by atoms with Crippen LogP contribution in [0.5, 0.6) is 5.75 Å². The van der Waals surface area contributed by atoms with Crippen LogP contribution >= 0.6 is 15.9 Å². The molecule has 0 saturated carbocycles. The quantitative estimate of drug-likeness (QED) is 0.669. The predicted molar refractivity (Wildman–Crippen MR) is 87.1 cm³/mol. The van der Waals surface area contributed by atoms with Crippen molar-refractivity contribution < 1.29 is 4.74 Å². The summed E-state index contributed by atoms with van der Waals surface area (Å²) in [5.41, 5.74) is 1.65. The van der Waals surface area contributed by atoms with Gasteiger partial charge in [0.1, 0.15) is 24.0 Å². The van der Waals surface area contributed by atoms with Gasteiger partial charge in [0, 0.05) is 9.86 Å². The van der Waals surface area contributed by atoms with Crippen LogP contribution in [0.25, 0.3) is 10.8 Å². The normalized spacial score (nSPS) is 10.3. The lowest BCUT2D eigenvalue weighted by Gasteiger charge is -2.10. The molecule has 0 unspecified atom stereocenters. The van der Waals surface area contributed by atoms with Gasteiger partial charge in [0.25, 0.3) is 0 Å². The van der Waals surface area contributed by atoms with Crippen LogP contribution in [-0.4, -0.2) is 0 Å². The first-order valence-electron chi connectivity index (χ1n) is 6.57. The molecule has 3 aromatic carbocycles. The highest BCUT2D eigenvalue weighted by Crippen LogP contribution is 2.28. The van der Waals surface area contributed by atoms with Crippen molar-refractivity contribution in [2.24, 2.45) is 0 Å². The molecule has 3 aromatic rings. The Morgan fingerprint density at radius 3 is 2.48 bits per heavy atom. The maximum atomic E-state index is 9.41. The number of hydrogen-bond acceptors (Lipinski definition) is 2. The second-order valence-corrected chi connectivity index (χ2v) is 5.60. The Bertz CT molecular complexity index is 819. The Kier molecular flexibility index (Phi) is 3.89. The third kappa shape index (κ3) is 2.91. The van der Waals surface area contributed by atoms with E-state index in [1.165, 1.54) is 0 Å². The van der Waals surface area contributed by atoms with Gasteiger partial charge in [-0.15, -0.1) is 0 Å². The molecule has 0 spiro atoms. The van der Waals surface area contributed by atoms with E-state index in [-0.39, 0.29) is 0 Å². The fourth-order valence-electron chi connectivity index (χ4n) is 2.23. The van der Waals surface area contributed by atoms with Crippen molar-refractivity contribution in [3.63, 3.8) is 0 Å². The van der Waals surface area contributed by atoms with E-state index in [1.54, 1.807) is 0 Å². The van der Waals surface area contributed by atoms with E-state index in [0.717, 1.165) is 20.8 Å². The molecule has 0 aromatic heterocycles. The van der Waals surface area contributed by atoms with Gasteiger partial charge >= 0.3 is 0 Å². The second kappa shape index (κ2) is 5.99. The highest BCUT2D eigenvalue weighted by molar-refractivity contribution is 9.10. The van der Waals surface area contributed by atoms with Crippen LogP contribution in [0.15, 0.2) is 65.1 Å². The minimum absolute atomic E-state index is 0.445. The summed E-state index contributed by atoms with van der Waals surface area (Å²) in [5.74, 6) is 0.624. The molecule has 0 heterocycles. The summed E-state index contributed by atoms with van der Waals surface area (Å²) in [6.07, 6.45) is 0. The summed E-state index contributed by atoms with van der Waals surface area (Å²) in [6.45, 7) is 0.445. The first-order chi connectivity index (χ1) is 10.3. The van der Waals surface area contributed by atoms with Gasteiger partial charge in [-0.3, -0.25) is 0 Å². The molecule has 21 heavy (non-hydrogen) atoms. The molecule has 0 atom stereocenters. The zero-order chi connectivity index (χ0) is 14.7. The largest absolute Gasteiger partial charge is 0.487 e. The number of fused-ring (bicyclic) bond motifs is 1. The fourth-order valence-corrected chi connectivity index (χ4v) is 2.49. The van der Waals surface area contributed by atoms with Crippen LogP contribution in [-0.2, 0) is 6.61 Å². The van der Waals surface area contributed by atoms with E-state index < -0.39 is 0 Å². The Labute approximate surface area is 131 Å². The van der Waals surface area contributed by atoms with E-state index in [4.69, 9.17) is 4.74 Å². The lowest BCUT2D eigenvalue weighted by atomic mass is 10.0. The molecule has 102 valence electrons. The molecule has 3 rings (SSSR count). The van der Waals surface area contributed by atoms with E-state index in [1.807, 2.05) is 60.7 Å². The van der Waals surface area contributed by atoms with Crippen LogP contribution in [0.1, 0.15) is 11.1 Å². The van der Waals surface area contributed by atoms with Crippen LogP contribution in [0, 0.1) is 11.3 Å². The number of halogens is 1. The summed E-state index contributed by atoms with van der Waals surface area (Å²) in [4.78, 5) is 0. The van der Waals surface area contributed by atoms with Crippen molar-refractivity contribution in [3.05, 3.63) is 76.3 Å². The fraction of sp³-hybridized carbons (Fsp3) is 0.0556. The van der Waals surface area contributed by atoms with Gasteiger partial charge in [0.2, 0.25) is 0 Å². The van der Waals surface area contributed by atoms with Gasteiger partial charge < -0.3 is 4.74 Å². The molecule has 0 bridgehead atoms. The maximum Gasteiger partial charge on any atom is 0.138 e. The van der Waals surface area contributed by atoms with E-state index in [0.29, 0.717) is 17.9 Å². The van der Waals surface area contributed by atoms with E-state index in [2.05, 4.69) is 22.0 Å². The third-order valence-electron chi connectivity index (χ3n) is 3.31. The molecule has 0 aliphatic rings. The van der Waals surface area contributed by atoms with Gasteiger partial charge in [-0.05, 0) is 29.1 Å². The van der Waals surface area contributed by atoms with Crippen molar-refractivity contribution in [1.29, 1.82) is 5.26 Å². The molecule has 0 saturated heterocycles. The van der Waals surface area contributed by atoms with Crippen molar-refractivity contribution >= 4 is 26.7 Å². The topological polar surface area (TPSA) is 33.0 Å². The maximum absolute atomic E-state index is 9.41. The van der Waals surface area contributed by atoms with Gasteiger partial charge in [-0.1, -0.05) is 58.4 Å². The number of hydrogen-bond donors (Lipinski definition) is 0. The Morgan fingerprint density at radius 1 is 0.952 bits per heavy atom. The molecular formula is C18H12BrNO. The van der Waals surface area contributed by atoms with Crippen LogP contribution in [0.4, 0.5) is 0 Å². The molecule has 0 N–H and O–H groups in total. The molecule has 2 nitrogen and oxygen atoms in total. The smallest absolute Gasteiger partial charge is 0.138 e. The number of nitrogens with zero attached hydrogens (tertiary/aromatic N) is 1. The minimum atomic E-state index is 0.445. The number of benzene rings is 3. The zero-order valence-corrected chi connectivity index (χ0v) is 12.8. The van der Waals surface area contributed by atoms with E-state index >= 15 is 0 Å². The minimum Gasteiger partial charge on any atom is -0.487 e. The predicted octanol–water partition coefficient (Wildman–Crippen LogP) is 5.05. The number of nitriles is 1. The highest BCUT2D eigenvalue weighted by Gasteiger charge is 2.08. The van der Waals surface area contributed by atoms with Gasteiger partial charge in [0.15, 0.2) is 0 Å². The van der Waals surface area contributed by atoms with Crippen molar-refractivity contribution in [1.82, 2.24) is 0 Å². The molecule has 3 heteroatoms. The van der Waals surface area contributed by atoms with Gasteiger partial charge in [-0.25, -0.2) is 0 Å². The van der Waals surface area contributed by atoms with Crippen LogP contribution in [0.3, 0.4) is 0 Å². The van der Waals surface area contributed by atoms with Crippen molar-refractivity contribution in [3.8, 4) is 11.8 Å². The van der Waals surface area contributed by atoms with Crippen molar-refractivity contribution in [2.45, 2.75) is 6.61 Å². The molecule has 0 aliphatic carbocycles. The summed E-state index contributed by atoms with van der Waals surface area (Å²) in [5, 5.41) is 11.4. The SMILES string of the molecule is N#Cc1c(OCc2ccc(Br)cc2)ccc2ccccc12. The first kappa shape index (κ1) is 13.7. The summed E-state index contributed by atoms with van der Waals surface area (Å²) in [6, 6.07) is 21.9. The first-order valence-corrected chi connectivity index (χ1v) is 7.36. The molecule has 0 radical (unpaired) electrons. The number of ether oxygens (including phenoxy) is 1. The van der Waals surface area contributed by atoms with Gasteiger partial charge in [0.05, 0.1) is 0 Å². The lowest BCUT2D eigenvalue weighted by molar-refractivity contribution is 0.306. The average molecular weight is 338 g/mol.